The van der Waals surface area contributed by atoms with E-state index in [9.17, 15) is 4.79 Å². The molecule has 7 nitrogen and oxygen atoms in total. The zero-order chi connectivity index (χ0) is 25.3. The summed E-state index contributed by atoms with van der Waals surface area (Å²) in [4.78, 5) is 17.2. The second kappa shape index (κ2) is 12.2. The van der Waals surface area contributed by atoms with Gasteiger partial charge in [0.25, 0.3) is 5.91 Å². The molecule has 0 radical (unpaired) electrons. The molecule has 0 spiro atoms. The van der Waals surface area contributed by atoms with E-state index in [0.29, 0.717) is 34.3 Å². The quantitative estimate of drug-likeness (QED) is 0.178. The maximum atomic E-state index is 12.5. The van der Waals surface area contributed by atoms with Crippen LogP contribution < -0.4 is 20.2 Å². The molecule has 36 heavy (non-hydrogen) atoms. The molecule has 2 N–H and O–H groups in total. The van der Waals surface area contributed by atoms with Gasteiger partial charge in [0.15, 0.2) is 16.6 Å². The van der Waals surface area contributed by atoms with E-state index in [0.717, 1.165) is 28.5 Å². The Bertz CT molecular complexity index is 1340. The summed E-state index contributed by atoms with van der Waals surface area (Å²) in [5.41, 5.74) is 6.41. The van der Waals surface area contributed by atoms with Gasteiger partial charge >= 0.3 is 0 Å². The molecule has 4 rings (SSSR count). The van der Waals surface area contributed by atoms with Crippen LogP contribution in [0, 0.1) is 0 Å². The number of methoxy groups -OCH3 is 1. The summed E-state index contributed by atoms with van der Waals surface area (Å²) in [6.07, 6.45) is 2.35. The SMILES string of the molecule is CCCOc1c(Cl)cc(/C=N\NC(=O)c2ccc(-c3csc(Nc4ccccc4)n3)cc2)cc1OC. The lowest BCUT2D eigenvalue weighted by Crippen LogP contribution is -2.17. The number of hydrogen-bond acceptors (Lipinski definition) is 7. The van der Waals surface area contributed by atoms with Gasteiger partial charge in [0.05, 0.1) is 30.6 Å². The predicted molar refractivity (Wildman–Crippen MR) is 146 cm³/mol. The number of para-hydroxylation sites is 1. The standard InChI is InChI=1S/C27H25ClN4O3S/c1-3-13-35-25-22(28)14-18(15-24(25)34-2)16-29-32-26(33)20-11-9-19(10-12-20)23-17-36-27(31-23)30-21-7-5-4-6-8-21/h4-12,14-17H,3,13H2,1-2H3,(H,30,31)(H,32,33)/b29-16-. The van der Waals surface area contributed by atoms with Crippen molar-refractivity contribution in [1.29, 1.82) is 0 Å². The molecule has 3 aromatic carbocycles. The Hall–Kier alpha value is -3.88. The number of nitrogens with one attached hydrogen (secondary N) is 2. The van der Waals surface area contributed by atoms with Crippen LogP contribution in [0.1, 0.15) is 29.3 Å². The van der Waals surface area contributed by atoms with Gasteiger partial charge in [0.2, 0.25) is 0 Å². The van der Waals surface area contributed by atoms with Crippen molar-refractivity contribution < 1.29 is 14.3 Å². The minimum atomic E-state index is -0.330. The van der Waals surface area contributed by atoms with Gasteiger partial charge in [0, 0.05) is 22.2 Å². The Morgan fingerprint density at radius 3 is 2.64 bits per heavy atom. The summed E-state index contributed by atoms with van der Waals surface area (Å²) in [5, 5.41) is 10.5. The molecule has 0 saturated heterocycles. The number of carbonyl (C=O) groups excluding carboxylic acids is 1. The molecular weight excluding hydrogens is 496 g/mol. The Labute approximate surface area is 218 Å². The minimum Gasteiger partial charge on any atom is -0.493 e. The normalized spacial score (nSPS) is 10.9. The molecule has 0 fully saturated rings. The number of nitrogens with zero attached hydrogens (tertiary/aromatic N) is 2. The number of ether oxygens (including phenoxy) is 2. The van der Waals surface area contributed by atoms with Crippen LogP contribution in [0.15, 0.2) is 77.2 Å². The average molecular weight is 521 g/mol. The number of anilines is 2. The second-order valence-electron chi connectivity index (χ2n) is 7.69. The van der Waals surface area contributed by atoms with Crippen molar-refractivity contribution in [2.24, 2.45) is 5.10 Å². The highest BCUT2D eigenvalue weighted by Gasteiger charge is 2.12. The first-order valence-electron chi connectivity index (χ1n) is 11.3. The van der Waals surface area contributed by atoms with Crippen molar-refractivity contribution in [2.75, 3.05) is 19.0 Å². The summed E-state index contributed by atoms with van der Waals surface area (Å²) in [6, 6.07) is 20.5. The van der Waals surface area contributed by atoms with Crippen LogP contribution in [0.2, 0.25) is 5.02 Å². The van der Waals surface area contributed by atoms with Gasteiger partial charge in [-0.25, -0.2) is 10.4 Å². The molecule has 0 aliphatic rings. The van der Waals surface area contributed by atoms with Gasteiger partial charge in [0.1, 0.15) is 0 Å². The fraction of sp³-hybridized carbons (Fsp3) is 0.148. The molecular formula is C27H25ClN4O3S. The topological polar surface area (TPSA) is 84.8 Å². The summed E-state index contributed by atoms with van der Waals surface area (Å²) >= 11 is 7.85. The Kier molecular flexibility index (Phi) is 8.54. The molecule has 1 heterocycles. The molecule has 0 bridgehead atoms. The van der Waals surface area contributed by atoms with Gasteiger partial charge in [-0.15, -0.1) is 11.3 Å². The number of rotatable bonds is 10. The van der Waals surface area contributed by atoms with Crippen LogP contribution in [0.25, 0.3) is 11.3 Å². The molecule has 0 aliphatic carbocycles. The summed E-state index contributed by atoms with van der Waals surface area (Å²) in [7, 11) is 1.54. The fourth-order valence-corrected chi connectivity index (χ4v) is 4.30. The summed E-state index contributed by atoms with van der Waals surface area (Å²) in [6.45, 7) is 2.55. The zero-order valence-corrected chi connectivity index (χ0v) is 21.4. The van der Waals surface area contributed by atoms with Crippen LogP contribution in [0.5, 0.6) is 11.5 Å². The first kappa shape index (κ1) is 25.2. The van der Waals surface area contributed by atoms with Crippen molar-refractivity contribution in [1.82, 2.24) is 10.4 Å². The van der Waals surface area contributed by atoms with Crippen molar-refractivity contribution in [3.05, 3.63) is 88.3 Å². The van der Waals surface area contributed by atoms with Crippen molar-refractivity contribution in [2.45, 2.75) is 13.3 Å². The largest absolute Gasteiger partial charge is 0.493 e. The molecule has 1 amide bonds. The van der Waals surface area contributed by atoms with Crippen LogP contribution in [-0.4, -0.2) is 30.8 Å². The Morgan fingerprint density at radius 1 is 1.14 bits per heavy atom. The first-order valence-corrected chi connectivity index (χ1v) is 12.5. The number of amides is 1. The Morgan fingerprint density at radius 2 is 1.92 bits per heavy atom. The van der Waals surface area contributed by atoms with E-state index < -0.39 is 0 Å². The lowest BCUT2D eigenvalue weighted by molar-refractivity contribution is 0.0955. The lowest BCUT2D eigenvalue weighted by Gasteiger charge is -2.12. The van der Waals surface area contributed by atoms with Gasteiger partial charge in [-0.1, -0.05) is 48.9 Å². The smallest absolute Gasteiger partial charge is 0.271 e. The van der Waals surface area contributed by atoms with Crippen LogP contribution in [0.3, 0.4) is 0 Å². The van der Waals surface area contributed by atoms with E-state index in [4.69, 9.17) is 21.1 Å². The van der Waals surface area contributed by atoms with E-state index in [2.05, 4.69) is 20.8 Å². The molecule has 184 valence electrons. The third-order valence-corrected chi connectivity index (χ3v) is 6.09. The first-order chi connectivity index (χ1) is 17.6. The number of halogens is 1. The highest BCUT2D eigenvalue weighted by atomic mass is 35.5. The van der Waals surface area contributed by atoms with Crippen LogP contribution in [-0.2, 0) is 0 Å². The van der Waals surface area contributed by atoms with E-state index >= 15 is 0 Å². The van der Waals surface area contributed by atoms with Gasteiger partial charge in [-0.2, -0.15) is 5.10 Å². The third-order valence-electron chi connectivity index (χ3n) is 5.05. The number of thiazole rings is 1. The predicted octanol–water partition coefficient (Wildman–Crippen LogP) is 6.77. The van der Waals surface area contributed by atoms with Crippen molar-refractivity contribution in [3.8, 4) is 22.8 Å². The number of carbonyl (C=O) groups is 1. The molecule has 0 atom stereocenters. The van der Waals surface area contributed by atoms with Gasteiger partial charge in [-0.05, 0) is 48.4 Å². The average Bonchev–Trinajstić information content (AvgIpc) is 3.37. The highest BCUT2D eigenvalue weighted by molar-refractivity contribution is 7.14. The number of hydrogen-bond donors (Lipinski definition) is 2. The summed E-state index contributed by atoms with van der Waals surface area (Å²) in [5.74, 6) is 0.664. The fourth-order valence-electron chi connectivity index (χ4n) is 3.29. The van der Waals surface area contributed by atoms with E-state index in [1.807, 2.05) is 54.8 Å². The maximum Gasteiger partial charge on any atom is 0.271 e. The molecule has 0 saturated carbocycles. The third kappa shape index (κ3) is 6.41. The van der Waals surface area contributed by atoms with Crippen molar-refractivity contribution >= 4 is 45.9 Å². The molecule has 4 aromatic rings. The molecule has 9 heteroatoms. The minimum absolute atomic E-state index is 0.330. The highest BCUT2D eigenvalue weighted by Crippen LogP contribution is 2.36. The molecule has 0 aliphatic heterocycles. The monoisotopic (exact) mass is 520 g/mol. The molecule has 0 unspecified atom stereocenters. The van der Waals surface area contributed by atoms with Crippen LogP contribution in [0.4, 0.5) is 10.8 Å². The van der Waals surface area contributed by atoms with Crippen molar-refractivity contribution in [3.63, 3.8) is 0 Å². The Balaban J connectivity index is 1.37. The van der Waals surface area contributed by atoms with E-state index in [1.54, 1.807) is 31.4 Å². The van der Waals surface area contributed by atoms with Gasteiger partial charge < -0.3 is 14.8 Å². The second-order valence-corrected chi connectivity index (χ2v) is 8.95. The number of aromatic nitrogens is 1. The van der Waals surface area contributed by atoms with E-state index in [1.165, 1.54) is 17.6 Å². The number of hydrazone groups is 1. The zero-order valence-electron chi connectivity index (χ0n) is 19.8. The lowest BCUT2D eigenvalue weighted by atomic mass is 10.1. The maximum absolute atomic E-state index is 12.5. The molecule has 1 aromatic heterocycles. The van der Waals surface area contributed by atoms with Gasteiger partial charge in [-0.3, -0.25) is 4.79 Å². The van der Waals surface area contributed by atoms with E-state index in [-0.39, 0.29) is 5.91 Å². The summed E-state index contributed by atoms with van der Waals surface area (Å²) < 4.78 is 11.0. The number of benzene rings is 3. The van der Waals surface area contributed by atoms with Crippen LogP contribution >= 0.6 is 22.9 Å².